The van der Waals surface area contributed by atoms with Crippen molar-refractivity contribution in [1.29, 1.82) is 0 Å². The molecule has 2 heterocycles. The van der Waals surface area contributed by atoms with E-state index in [0.29, 0.717) is 12.0 Å². The summed E-state index contributed by atoms with van der Waals surface area (Å²) in [7, 11) is 0. The number of piperidine rings is 1. The highest BCUT2D eigenvalue weighted by atomic mass is 16.4. The molecular weight excluding hydrogens is 300 g/mol. The second-order valence-corrected chi connectivity index (χ2v) is 6.67. The van der Waals surface area contributed by atoms with Crippen LogP contribution in [-0.4, -0.2) is 29.1 Å². The summed E-state index contributed by atoms with van der Waals surface area (Å²) < 4.78 is 0. The van der Waals surface area contributed by atoms with Gasteiger partial charge in [-0.05, 0) is 62.3 Å². The molecule has 1 saturated heterocycles. The van der Waals surface area contributed by atoms with Crippen LogP contribution in [0.25, 0.3) is 0 Å². The largest absolute Gasteiger partial charge is 0.478 e. The van der Waals surface area contributed by atoms with Crippen LogP contribution in [0.4, 0.5) is 5.82 Å². The lowest BCUT2D eigenvalue weighted by Crippen LogP contribution is -2.30. The third-order valence-electron chi connectivity index (χ3n) is 4.65. The van der Waals surface area contributed by atoms with Crippen molar-refractivity contribution in [2.75, 3.05) is 18.0 Å². The molecule has 0 saturated carbocycles. The minimum Gasteiger partial charge on any atom is -0.478 e. The summed E-state index contributed by atoms with van der Waals surface area (Å²) in [6.07, 6.45) is 6.25. The van der Waals surface area contributed by atoms with Crippen molar-refractivity contribution >= 4 is 11.8 Å². The van der Waals surface area contributed by atoms with Crippen LogP contribution in [0.1, 0.15) is 51.9 Å². The maximum atomic E-state index is 11.5. The van der Waals surface area contributed by atoms with Crippen molar-refractivity contribution in [2.24, 2.45) is 0 Å². The van der Waals surface area contributed by atoms with E-state index >= 15 is 0 Å². The Kier molecular flexibility index (Phi) is 4.84. The Bertz CT molecular complexity index is 749. The molecule has 0 bridgehead atoms. The van der Waals surface area contributed by atoms with Gasteiger partial charge in [-0.25, -0.2) is 9.78 Å². The van der Waals surface area contributed by atoms with Crippen LogP contribution in [-0.2, 0) is 6.42 Å². The van der Waals surface area contributed by atoms with Gasteiger partial charge >= 0.3 is 5.97 Å². The minimum atomic E-state index is -0.872. The van der Waals surface area contributed by atoms with E-state index in [-0.39, 0.29) is 0 Å². The summed E-state index contributed by atoms with van der Waals surface area (Å²) >= 11 is 0. The Morgan fingerprint density at radius 2 is 1.92 bits per heavy atom. The second kappa shape index (κ2) is 7.04. The van der Waals surface area contributed by atoms with Gasteiger partial charge in [-0.1, -0.05) is 23.8 Å². The van der Waals surface area contributed by atoms with E-state index in [9.17, 15) is 9.90 Å². The quantitative estimate of drug-likeness (QED) is 0.924. The average Bonchev–Trinajstić information content (AvgIpc) is 2.57. The zero-order valence-electron chi connectivity index (χ0n) is 14.4. The molecule has 0 spiro atoms. The predicted molar refractivity (Wildman–Crippen MR) is 96.0 cm³/mol. The number of rotatable bonds is 4. The molecule has 24 heavy (non-hydrogen) atoms. The fourth-order valence-corrected chi connectivity index (χ4v) is 3.42. The normalized spacial score (nSPS) is 14.7. The number of anilines is 1. The topological polar surface area (TPSA) is 53.4 Å². The number of hydrogen-bond donors (Lipinski definition) is 1. The van der Waals surface area contributed by atoms with E-state index in [1.165, 1.54) is 24.8 Å². The van der Waals surface area contributed by atoms with Crippen molar-refractivity contribution in [2.45, 2.75) is 39.5 Å². The van der Waals surface area contributed by atoms with Crippen molar-refractivity contribution in [3.8, 4) is 0 Å². The van der Waals surface area contributed by atoms with Crippen LogP contribution < -0.4 is 4.90 Å². The Morgan fingerprint density at radius 1 is 1.17 bits per heavy atom. The SMILES string of the molecule is Cc1ccc(Cc2cnc(N3CCCCC3)c(C)c2)c(C(=O)O)c1. The van der Waals surface area contributed by atoms with E-state index in [0.717, 1.165) is 35.6 Å². The van der Waals surface area contributed by atoms with E-state index in [4.69, 9.17) is 0 Å². The lowest BCUT2D eigenvalue weighted by Gasteiger charge is -2.29. The molecule has 0 unspecified atom stereocenters. The fourth-order valence-electron chi connectivity index (χ4n) is 3.42. The number of carboxylic acids is 1. The first-order valence-corrected chi connectivity index (χ1v) is 8.58. The van der Waals surface area contributed by atoms with Crippen molar-refractivity contribution in [1.82, 2.24) is 4.98 Å². The molecular formula is C20H24N2O2. The van der Waals surface area contributed by atoms with Crippen molar-refractivity contribution in [3.63, 3.8) is 0 Å². The van der Waals surface area contributed by atoms with E-state index < -0.39 is 5.97 Å². The molecule has 0 amide bonds. The molecule has 1 fully saturated rings. The Labute approximate surface area is 143 Å². The first kappa shape index (κ1) is 16.5. The van der Waals surface area contributed by atoms with Crippen LogP contribution in [0.5, 0.6) is 0 Å². The summed E-state index contributed by atoms with van der Waals surface area (Å²) in [5.74, 6) is 0.198. The Morgan fingerprint density at radius 3 is 2.58 bits per heavy atom. The molecule has 0 atom stereocenters. The molecule has 1 aliphatic rings. The Hall–Kier alpha value is -2.36. The molecule has 3 rings (SSSR count). The highest BCUT2D eigenvalue weighted by Crippen LogP contribution is 2.24. The average molecular weight is 324 g/mol. The minimum absolute atomic E-state index is 0.382. The molecule has 1 N–H and O–H groups in total. The summed E-state index contributed by atoms with van der Waals surface area (Å²) in [5, 5.41) is 9.41. The third-order valence-corrected chi connectivity index (χ3v) is 4.65. The smallest absolute Gasteiger partial charge is 0.335 e. The number of aryl methyl sites for hydroxylation is 2. The zero-order chi connectivity index (χ0) is 17.1. The van der Waals surface area contributed by atoms with Gasteiger partial charge in [0.05, 0.1) is 5.56 Å². The number of pyridine rings is 1. The van der Waals surface area contributed by atoms with Crippen LogP contribution >= 0.6 is 0 Å². The molecule has 1 aliphatic heterocycles. The third kappa shape index (κ3) is 3.58. The predicted octanol–water partition coefficient (Wildman–Crippen LogP) is 3.98. The monoisotopic (exact) mass is 324 g/mol. The molecule has 126 valence electrons. The van der Waals surface area contributed by atoms with Crippen LogP contribution in [0.2, 0.25) is 0 Å². The first-order chi connectivity index (χ1) is 11.5. The zero-order valence-corrected chi connectivity index (χ0v) is 14.4. The lowest BCUT2D eigenvalue weighted by atomic mass is 9.98. The van der Waals surface area contributed by atoms with Gasteiger partial charge in [-0.3, -0.25) is 0 Å². The van der Waals surface area contributed by atoms with Crippen LogP contribution in [0, 0.1) is 13.8 Å². The number of aromatic carboxylic acids is 1. The maximum absolute atomic E-state index is 11.5. The second-order valence-electron chi connectivity index (χ2n) is 6.67. The van der Waals surface area contributed by atoms with Crippen molar-refractivity contribution in [3.05, 3.63) is 58.3 Å². The summed E-state index contributed by atoms with van der Waals surface area (Å²) in [4.78, 5) is 18.5. The van der Waals surface area contributed by atoms with Gasteiger partial charge in [0.2, 0.25) is 0 Å². The lowest BCUT2D eigenvalue weighted by molar-refractivity contribution is 0.0695. The van der Waals surface area contributed by atoms with Gasteiger partial charge in [0, 0.05) is 19.3 Å². The van der Waals surface area contributed by atoms with Gasteiger partial charge in [-0.15, -0.1) is 0 Å². The number of carboxylic acid groups (broad SMARTS) is 1. The maximum Gasteiger partial charge on any atom is 0.335 e. The van der Waals surface area contributed by atoms with Gasteiger partial charge in [-0.2, -0.15) is 0 Å². The highest BCUT2D eigenvalue weighted by molar-refractivity contribution is 5.89. The molecule has 2 aromatic rings. The fraction of sp³-hybridized carbons (Fsp3) is 0.400. The number of benzene rings is 1. The van der Waals surface area contributed by atoms with Gasteiger partial charge < -0.3 is 10.0 Å². The Balaban J connectivity index is 1.84. The van der Waals surface area contributed by atoms with Crippen LogP contribution in [0.15, 0.2) is 30.5 Å². The number of nitrogens with zero attached hydrogens (tertiary/aromatic N) is 2. The van der Waals surface area contributed by atoms with Gasteiger partial charge in [0.15, 0.2) is 0 Å². The molecule has 1 aromatic heterocycles. The molecule has 4 nitrogen and oxygen atoms in total. The summed E-state index contributed by atoms with van der Waals surface area (Å²) in [6, 6.07) is 7.75. The standard InChI is InChI=1S/C20H24N2O2/c1-14-6-7-17(18(10-14)20(23)24)12-16-11-15(2)19(21-13-16)22-8-4-3-5-9-22/h6-7,10-11,13H,3-5,8-9,12H2,1-2H3,(H,23,24). The van der Waals surface area contributed by atoms with E-state index in [1.807, 2.05) is 25.3 Å². The molecule has 0 radical (unpaired) electrons. The molecule has 0 aliphatic carbocycles. The molecule has 1 aromatic carbocycles. The van der Waals surface area contributed by atoms with Crippen molar-refractivity contribution < 1.29 is 9.90 Å². The van der Waals surface area contributed by atoms with Gasteiger partial charge in [0.1, 0.15) is 5.82 Å². The summed E-state index contributed by atoms with van der Waals surface area (Å²) in [5.41, 5.74) is 4.40. The van der Waals surface area contributed by atoms with E-state index in [1.54, 1.807) is 6.07 Å². The van der Waals surface area contributed by atoms with Crippen LogP contribution in [0.3, 0.4) is 0 Å². The first-order valence-electron chi connectivity index (χ1n) is 8.58. The number of hydrogen-bond acceptors (Lipinski definition) is 3. The van der Waals surface area contributed by atoms with E-state index in [2.05, 4.69) is 22.9 Å². The summed E-state index contributed by atoms with van der Waals surface area (Å²) in [6.45, 7) is 6.16. The number of aromatic nitrogens is 1. The number of carbonyl (C=O) groups is 1. The highest BCUT2D eigenvalue weighted by Gasteiger charge is 2.15. The van der Waals surface area contributed by atoms with Gasteiger partial charge in [0.25, 0.3) is 0 Å². The molecule has 4 heteroatoms.